The first-order chi connectivity index (χ1) is 8.38. The molecule has 1 aromatic rings. The third-order valence-corrected chi connectivity index (χ3v) is 4.41. The number of rotatable bonds is 2. The average molecular weight is 266 g/mol. The molecule has 1 nitrogen and oxygen atoms in total. The second-order valence-electron chi connectivity index (χ2n) is 5.63. The largest absolute Gasteiger partial charge is 0.302 e. The van der Waals surface area contributed by atoms with Crippen molar-refractivity contribution < 1.29 is 0 Å². The van der Waals surface area contributed by atoms with Crippen LogP contribution in [0.15, 0.2) is 18.2 Å². The first-order valence-corrected chi connectivity index (χ1v) is 7.21. The predicted molar refractivity (Wildman–Crippen MR) is 79.8 cm³/mol. The van der Waals surface area contributed by atoms with Gasteiger partial charge in [-0.2, -0.15) is 0 Å². The van der Waals surface area contributed by atoms with Gasteiger partial charge in [-0.25, -0.2) is 0 Å². The minimum absolute atomic E-state index is 0. The highest BCUT2D eigenvalue weighted by molar-refractivity contribution is 5.85. The number of hydrogen-bond acceptors (Lipinski definition) is 1. The molecule has 0 radical (unpaired) electrons. The maximum Gasteiger partial charge on any atom is 0.00506 e. The van der Waals surface area contributed by atoms with Crippen LogP contribution in [0, 0.1) is 0 Å². The van der Waals surface area contributed by atoms with Gasteiger partial charge in [-0.05, 0) is 61.3 Å². The van der Waals surface area contributed by atoms with Crippen LogP contribution in [0.1, 0.15) is 48.8 Å². The van der Waals surface area contributed by atoms with E-state index in [0.717, 1.165) is 5.92 Å². The van der Waals surface area contributed by atoms with Crippen molar-refractivity contribution in [2.75, 3.05) is 19.6 Å². The smallest absolute Gasteiger partial charge is 0.00506 e. The predicted octanol–water partition coefficient (Wildman–Crippen LogP) is 3.80. The van der Waals surface area contributed by atoms with Crippen LogP contribution in [0.25, 0.3) is 0 Å². The topological polar surface area (TPSA) is 3.24 Å². The molecule has 0 bridgehead atoms. The third-order valence-electron chi connectivity index (χ3n) is 4.41. The van der Waals surface area contributed by atoms with Crippen LogP contribution in [0.2, 0.25) is 0 Å². The van der Waals surface area contributed by atoms with E-state index in [1.807, 2.05) is 0 Å². The minimum Gasteiger partial charge on any atom is -0.302 e. The van der Waals surface area contributed by atoms with Crippen LogP contribution >= 0.6 is 12.4 Å². The van der Waals surface area contributed by atoms with Crippen molar-refractivity contribution in [2.24, 2.45) is 0 Å². The highest BCUT2D eigenvalue weighted by Gasteiger charge is 2.27. The fourth-order valence-electron chi connectivity index (χ4n) is 3.69. The maximum atomic E-state index is 2.68. The molecule has 1 heterocycles. The standard InChI is InChI=1S/C16H23N.ClH/c1-2-10-17-11-9-14-7-3-5-13-6-4-8-15(12-17)16(13)14;/h3,5,7,15H,2,4,6,8-12H2,1H3;1H. The Morgan fingerprint density at radius 1 is 1.22 bits per heavy atom. The average Bonchev–Trinajstić information content (AvgIpc) is 2.53. The molecule has 0 N–H and O–H groups in total. The summed E-state index contributed by atoms with van der Waals surface area (Å²) in [6.07, 6.45) is 6.66. The Labute approximate surface area is 117 Å². The van der Waals surface area contributed by atoms with Gasteiger partial charge in [-0.3, -0.25) is 0 Å². The lowest BCUT2D eigenvalue weighted by Gasteiger charge is -2.29. The molecule has 0 aromatic heterocycles. The molecule has 2 heteroatoms. The van der Waals surface area contributed by atoms with E-state index in [1.54, 1.807) is 16.7 Å². The quantitative estimate of drug-likeness (QED) is 0.786. The zero-order chi connectivity index (χ0) is 11.7. The van der Waals surface area contributed by atoms with Crippen molar-refractivity contribution in [1.82, 2.24) is 4.90 Å². The maximum absolute atomic E-state index is 2.68. The van der Waals surface area contributed by atoms with Crippen LogP contribution in [0.5, 0.6) is 0 Å². The van der Waals surface area contributed by atoms with E-state index in [2.05, 4.69) is 30.0 Å². The molecule has 1 unspecified atom stereocenters. The molecule has 100 valence electrons. The Kier molecular flexibility index (Phi) is 4.69. The van der Waals surface area contributed by atoms with Crippen molar-refractivity contribution >= 4 is 12.4 Å². The fourth-order valence-corrected chi connectivity index (χ4v) is 3.69. The molecule has 3 rings (SSSR count). The Morgan fingerprint density at radius 3 is 2.78 bits per heavy atom. The summed E-state index contributed by atoms with van der Waals surface area (Å²) in [5.74, 6) is 0.823. The number of hydrogen-bond donors (Lipinski definition) is 0. The molecular weight excluding hydrogens is 242 g/mol. The molecule has 0 fully saturated rings. The Morgan fingerprint density at radius 2 is 2.00 bits per heavy atom. The third kappa shape index (κ3) is 2.57. The molecular formula is C16H24ClN. The number of benzene rings is 1. The van der Waals surface area contributed by atoms with E-state index in [9.17, 15) is 0 Å². The van der Waals surface area contributed by atoms with E-state index >= 15 is 0 Å². The van der Waals surface area contributed by atoms with Crippen molar-refractivity contribution in [2.45, 2.75) is 44.9 Å². The molecule has 1 aliphatic heterocycles. The van der Waals surface area contributed by atoms with Crippen molar-refractivity contribution in [3.63, 3.8) is 0 Å². The zero-order valence-corrected chi connectivity index (χ0v) is 12.1. The molecule has 18 heavy (non-hydrogen) atoms. The molecule has 0 amide bonds. The summed E-state index contributed by atoms with van der Waals surface area (Å²) < 4.78 is 0. The summed E-state index contributed by atoms with van der Waals surface area (Å²) in [6.45, 7) is 6.14. The number of halogens is 1. The van der Waals surface area contributed by atoms with Gasteiger partial charge in [0.15, 0.2) is 0 Å². The summed E-state index contributed by atoms with van der Waals surface area (Å²) in [5, 5.41) is 0. The minimum atomic E-state index is 0. The summed E-state index contributed by atoms with van der Waals surface area (Å²) in [5.41, 5.74) is 5.03. The van der Waals surface area contributed by atoms with Crippen LogP contribution in [0.3, 0.4) is 0 Å². The van der Waals surface area contributed by atoms with Gasteiger partial charge in [0.25, 0.3) is 0 Å². The molecule has 1 atom stereocenters. The second kappa shape index (κ2) is 6.08. The molecule has 1 aromatic carbocycles. The van der Waals surface area contributed by atoms with Gasteiger partial charge in [0.1, 0.15) is 0 Å². The lowest BCUT2D eigenvalue weighted by Crippen LogP contribution is -2.30. The van der Waals surface area contributed by atoms with Crippen LogP contribution in [-0.2, 0) is 12.8 Å². The van der Waals surface area contributed by atoms with Gasteiger partial charge in [-0.15, -0.1) is 12.4 Å². The number of aryl methyl sites for hydroxylation is 1. The van der Waals surface area contributed by atoms with Crippen molar-refractivity contribution in [1.29, 1.82) is 0 Å². The van der Waals surface area contributed by atoms with Crippen LogP contribution in [-0.4, -0.2) is 24.5 Å². The molecule has 2 aliphatic rings. The van der Waals surface area contributed by atoms with Gasteiger partial charge in [-0.1, -0.05) is 25.1 Å². The molecule has 0 saturated heterocycles. The SMILES string of the molecule is CCCN1CCc2cccc3c2C(CCC3)C1.Cl. The lowest BCUT2D eigenvalue weighted by atomic mass is 9.80. The van der Waals surface area contributed by atoms with Crippen LogP contribution < -0.4 is 0 Å². The van der Waals surface area contributed by atoms with Gasteiger partial charge < -0.3 is 4.90 Å². The Balaban J connectivity index is 0.00000120. The summed E-state index contributed by atoms with van der Waals surface area (Å²) in [7, 11) is 0. The summed E-state index contributed by atoms with van der Waals surface area (Å²) >= 11 is 0. The second-order valence-corrected chi connectivity index (χ2v) is 5.63. The van der Waals surface area contributed by atoms with E-state index in [-0.39, 0.29) is 12.4 Å². The number of nitrogens with zero attached hydrogens (tertiary/aromatic N) is 1. The van der Waals surface area contributed by atoms with E-state index in [0.29, 0.717) is 0 Å². The highest BCUT2D eigenvalue weighted by Crippen LogP contribution is 2.36. The first kappa shape index (κ1) is 13.9. The highest BCUT2D eigenvalue weighted by atomic mass is 35.5. The molecule has 0 spiro atoms. The molecule has 1 aliphatic carbocycles. The molecule has 0 saturated carbocycles. The van der Waals surface area contributed by atoms with Crippen molar-refractivity contribution in [3.8, 4) is 0 Å². The first-order valence-electron chi connectivity index (χ1n) is 7.21. The van der Waals surface area contributed by atoms with Gasteiger partial charge >= 0.3 is 0 Å². The van der Waals surface area contributed by atoms with Gasteiger partial charge in [0.2, 0.25) is 0 Å². The zero-order valence-electron chi connectivity index (χ0n) is 11.3. The lowest BCUT2D eigenvalue weighted by molar-refractivity contribution is 0.260. The monoisotopic (exact) mass is 265 g/mol. The van der Waals surface area contributed by atoms with E-state index in [4.69, 9.17) is 0 Å². The van der Waals surface area contributed by atoms with Crippen molar-refractivity contribution in [3.05, 3.63) is 34.9 Å². The summed E-state index contributed by atoms with van der Waals surface area (Å²) in [6, 6.07) is 7.00. The van der Waals surface area contributed by atoms with Gasteiger partial charge in [0.05, 0.1) is 0 Å². The normalized spacial score (nSPS) is 22.8. The Bertz CT molecular complexity index is 402. The summed E-state index contributed by atoms with van der Waals surface area (Å²) in [4.78, 5) is 2.68. The van der Waals surface area contributed by atoms with E-state index < -0.39 is 0 Å². The van der Waals surface area contributed by atoms with Gasteiger partial charge in [0, 0.05) is 13.1 Å². The Hall–Kier alpha value is -0.530. The fraction of sp³-hybridized carbons (Fsp3) is 0.625. The van der Waals surface area contributed by atoms with E-state index in [1.165, 1.54) is 51.7 Å². The van der Waals surface area contributed by atoms with Crippen LogP contribution in [0.4, 0.5) is 0 Å².